The fraction of sp³-hybridized carbons (Fsp3) is 1.00. The zero-order chi connectivity index (χ0) is 6.24. The van der Waals surface area contributed by atoms with E-state index in [1.165, 1.54) is 36.5 Å². The Bertz CT molecular complexity index is 29.4. The Morgan fingerprint density at radius 2 is 1.62 bits per heavy atom. The molecule has 0 fully saturated rings. The molecule has 47 valence electrons. The van der Waals surface area contributed by atoms with Crippen molar-refractivity contribution in [1.29, 1.82) is 0 Å². The number of hydrogen-bond acceptors (Lipinski definition) is 0. The van der Waals surface area contributed by atoms with E-state index in [2.05, 4.69) is 6.92 Å². The molecule has 0 bridgehead atoms. The summed E-state index contributed by atoms with van der Waals surface area (Å²) in [6, 6.07) is 0. The monoisotopic (exact) mass is 219 g/mol. The van der Waals surface area contributed by atoms with Crippen LogP contribution in [-0.4, -0.2) is 22.5 Å². The van der Waals surface area contributed by atoms with E-state index in [1.54, 1.807) is 22.5 Å². The second-order valence-electron chi connectivity index (χ2n) is 2.16. The summed E-state index contributed by atoms with van der Waals surface area (Å²) in [5, 5.41) is 0. The van der Waals surface area contributed by atoms with Crippen molar-refractivity contribution in [2.24, 2.45) is 0 Å². The Kier molecular flexibility index (Phi) is 8.58. The van der Waals surface area contributed by atoms with Crippen molar-refractivity contribution in [3.8, 4) is 0 Å². The first-order chi connectivity index (χ1) is 3.91. The molecule has 8 heavy (non-hydrogen) atoms. The summed E-state index contributed by atoms with van der Waals surface area (Å²) >= 11 is 1.71. The van der Waals surface area contributed by atoms with Crippen molar-refractivity contribution in [2.75, 3.05) is 0 Å². The predicted molar refractivity (Wildman–Crippen MR) is 39.3 cm³/mol. The SMILES string of the molecule is CCCCCC[CH2][Sn]. The molecule has 3 radical (unpaired) electrons. The molecule has 0 rings (SSSR count). The second kappa shape index (κ2) is 7.80. The van der Waals surface area contributed by atoms with E-state index < -0.39 is 0 Å². The van der Waals surface area contributed by atoms with Gasteiger partial charge in [-0.3, -0.25) is 0 Å². The molecule has 0 aliphatic carbocycles. The Balaban J connectivity index is 2.53. The van der Waals surface area contributed by atoms with Crippen molar-refractivity contribution in [3.63, 3.8) is 0 Å². The molecular weight excluding hydrogens is 203 g/mol. The zero-order valence-electron chi connectivity index (χ0n) is 5.74. The van der Waals surface area contributed by atoms with Gasteiger partial charge in [0.25, 0.3) is 0 Å². The fourth-order valence-electron chi connectivity index (χ4n) is 0.729. The minimum atomic E-state index is 1.37. The maximum absolute atomic E-state index is 2.26. The minimum absolute atomic E-state index is 1.37. The van der Waals surface area contributed by atoms with E-state index >= 15 is 0 Å². The normalized spacial score (nSPS) is 9.75. The molecule has 0 amide bonds. The molecule has 0 aromatic carbocycles. The Labute approximate surface area is 66.1 Å². The average molecular weight is 218 g/mol. The van der Waals surface area contributed by atoms with Crippen LogP contribution in [0.5, 0.6) is 0 Å². The topological polar surface area (TPSA) is 0 Å². The number of unbranched alkanes of at least 4 members (excludes halogenated alkanes) is 4. The molecule has 0 atom stereocenters. The summed E-state index contributed by atoms with van der Waals surface area (Å²) in [4.78, 5) is 0. The Hall–Kier alpha value is 0.799. The van der Waals surface area contributed by atoms with Crippen molar-refractivity contribution >= 4 is 22.5 Å². The second-order valence-corrected chi connectivity index (χ2v) is 3.59. The van der Waals surface area contributed by atoms with Gasteiger partial charge in [-0.05, 0) is 0 Å². The molecule has 0 aromatic rings. The zero-order valence-corrected chi connectivity index (χ0v) is 8.60. The van der Waals surface area contributed by atoms with Crippen LogP contribution in [0.4, 0.5) is 0 Å². The van der Waals surface area contributed by atoms with Gasteiger partial charge >= 0.3 is 66.0 Å². The molecule has 0 aliphatic heterocycles. The van der Waals surface area contributed by atoms with Gasteiger partial charge in [0.2, 0.25) is 0 Å². The fourth-order valence-corrected chi connectivity index (χ4v) is 1.44. The molecular formula is C7H15Sn. The third-order valence-corrected chi connectivity index (χ3v) is 2.29. The van der Waals surface area contributed by atoms with Crippen LogP contribution in [0.1, 0.15) is 39.0 Å². The first-order valence-electron chi connectivity index (χ1n) is 3.56. The van der Waals surface area contributed by atoms with Crippen molar-refractivity contribution in [1.82, 2.24) is 0 Å². The molecule has 0 nitrogen and oxygen atoms in total. The Morgan fingerprint density at radius 1 is 1.00 bits per heavy atom. The summed E-state index contributed by atoms with van der Waals surface area (Å²) in [5.41, 5.74) is 0. The summed E-state index contributed by atoms with van der Waals surface area (Å²) in [7, 11) is 0. The predicted octanol–water partition coefficient (Wildman–Crippen LogP) is 2.54. The van der Waals surface area contributed by atoms with E-state index in [1.807, 2.05) is 0 Å². The third kappa shape index (κ3) is 6.80. The van der Waals surface area contributed by atoms with Gasteiger partial charge < -0.3 is 0 Å². The van der Waals surface area contributed by atoms with Gasteiger partial charge in [-0.2, -0.15) is 0 Å². The number of rotatable bonds is 5. The summed E-state index contributed by atoms with van der Waals surface area (Å²) < 4.78 is 1.45. The average Bonchev–Trinajstić information content (AvgIpc) is 1.81. The van der Waals surface area contributed by atoms with Crippen LogP contribution in [0.3, 0.4) is 0 Å². The standard InChI is InChI=1S/C7H15.Sn/c1-3-5-7-6-4-2;/h1,3-7H2,2H3;. The van der Waals surface area contributed by atoms with Crippen molar-refractivity contribution in [2.45, 2.75) is 43.5 Å². The van der Waals surface area contributed by atoms with Gasteiger partial charge in [0.1, 0.15) is 0 Å². The van der Waals surface area contributed by atoms with Crippen LogP contribution in [-0.2, 0) is 0 Å². The molecule has 0 unspecified atom stereocenters. The molecule has 0 saturated heterocycles. The van der Waals surface area contributed by atoms with Gasteiger partial charge in [0.05, 0.1) is 0 Å². The van der Waals surface area contributed by atoms with E-state index in [-0.39, 0.29) is 0 Å². The third-order valence-electron chi connectivity index (χ3n) is 1.28. The van der Waals surface area contributed by atoms with Crippen molar-refractivity contribution in [3.05, 3.63) is 0 Å². The van der Waals surface area contributed by atoms with E-state index in [4.69, 9.17) is 0 Å². The van der Waals surface area contributed by atoms with Gasteiger partial charge in [0, 0.05) is 0 Å². The van der Waals surface area contributed by atoms with Gasteiger partial charge in [-0.1, -0.05) is 0 Å². The maximum atomic E-state index is 2.26. The molecule has 0 N–H and O–H groups in total. The van der Waals surface area contributed by atoms with Gasteiger partial charge in [-0.15, -0.1) is 0 Å². The molecule has 0 spiro atoms. The molecule has 1 heteroatoms. The first-order valence-corrected chi connectivity index (χ1v) is 5.58. The van der Waals surface area contributed by atoms with E-state index in [0.29, 0.717) is 0 Å². The van der Waals surface area contributed by atoms with Crippen LogP contribution < -0.4 is 0 Å². The summed E-state index contributed by atoms with van der Waals surface area (Å²) in [6.45, 7) is 2.26. The number of hydrogen-bond donors (Lipinski definition) is 0. The quantitative estimate of drug-likeness (QED) is 0.491. The van der Waals surface area contributed by atoms with Crippen LogP contribution in [0.25, 0.3) is 0 Å². The van der Waals surface area contributed by atoms with Crippen molar-refractivity contribution < 1.29 is 0 Å². The van der Waals surface area contributed by atoms with Crippen LogP contribution in [0, 0.1) is 0 Å². The molecule has 0 aliphatic rings. The molecule has 0 aromatic heterocycles. The summed E-state index contributed by atoms with van der Waals surface area (Å²) in [6.07, 6.45) is 7.22. The van der Waals surface area contributed by atoms with Gasteiger partial charge in [-0.25, -0.2) is 0 Å². The first kappa shape index (κ1) is 8.80. The molecule has 0 saturated carbocycles. The van der Waals surface area contributed by atoms with Gasteiger partial charge in [0.15, 0.2) is 0 Å². The summed E-state index contributed by atoms with van der Waals surface area (Å²) in [5.74, 6) is 0. The van der Waals surface area contributed by atoms with Crippen LogP contribution in [0.2, 0.25) is 4.44 Å². The Morgan fingerprint density at radius 3 is 2.12 bits per heavy atom. The van der Waals surface area contributed by atoms with E-state index in [0.717, 1.165) is 0 Å². The van der Waals surface area contributed by atoms with Crippen LogP contribution >= 0.6 is 0 Å². The van der Waals surface area contributed by atoms with E-state index in [9.17, 15) is 0 Å². The van der Waals surface area contributed by atoms with Crippen LogP contribution in [0.15, 0.2) is 0 Å². The molecule has 0 heterocycles.